The predicted octanol–water partition coefficient (Wildman–Crippen LogP) is 3.33. The lowest BCUT2D eigenvalue weighted by Gasteiger charge is -2.05. The normalized spacial score (nSPS) is 11.2. The van der Waals surface area contributed by atoms with E-state index in [-0.39, 0.29) is 0 Å². The highest BCUT2D eigenvalue weighted by Gasteiger charge is 2.13. The molecule has 0 spiro atoms. The Morgan fingerprint density at radius 1 is 1.20 bits per heavy atom. The lowest BCUT2D eigenvalue weighted by Crippen LogP contribution is -1.93. The molecule has 3 rings (SSSR count). The molecule has 4 nitrogen and oxygen atoms in total. The molecule has 0 atom stereocenters. The van der Waals surface area contributed by atoms with Crippen molar-refractivity contribution in [1.82, 2.24) is 14.4 Å². The van der Waals surface area contributed by atoms with Crippen LogP contribution in [0.2, 0.25) is 0 Å². The Morgan fingerprint density at radius 3 is 2.60 bits per heavy atom. The summed E-state index contributed by atoms with van der Waals surface area (Å²) in [6.45, 7) is 4.31. The molecule has 0 fully saturated rings. The van der Waals surface area contributed by atoms with Crippen molar-refractivity contribution in [3.8, 4) is 11.3 Å². The number of aldehydes is 1. The van der Waals surface area contributed by atoms with Crippen LogP contribution in [0.25, 0.3) is 17.0 Å². The van der Waals surface area contributed by atoms with Gasteiger partial charge >= 0.3 is 0 Å². The third kappa shape index (κ3) is 1.99. The molecule has 0 aliphatic heterocycles. The fraction of sp³-hybridized carbons (Fsp3) is 0.188. The quantitative estimate of drug-likeness (QED) is 0.682. The second-order valence-electron chi connectivity index (χ2n) is 5.03. The van der Waals surface area contributed by atoms with E-state index in [1.54, 1.807) is 22.9 Å². The molecular weight excluding hydrogens is 250 g/mol. The van der Waals surface area contributed by atoms with Gasteiger partial charge in [-0.15, -0.1) is 0 Å². The number of carbonyl (C=O) groups excluding carboxylic acids is 1. The molecule has 4 heteroatoms. The maximum Gasteiger partial charge on any atom is 0.234 e. The van der Waals surface area contributed by atoms with E-state index >= 15 is 0 Å². The largest absolute Gasteiger partial charge is 0.296 e. The molecule has 0 amide bonds. The molecule has 20 heavy (non-hydrogen) atoms. The van der Waals surface area contributed by atoms with Crippen molar-refractivity contribution in [1.29, 1.82) is 0 Å². The lowest BCUT2D eigenvalue weighted by atomic mass is 10.0. The number of imidazole rings is 1. The van der Waals surface area contributed by atoms with Crippen molar-refractivity contribution in [2.24, 2.45) is 0 Å². The zero-order chi connectivity index (χ0) is 14.1. The number of rotatable bonds is 3. The molecule has 0 aliphatic carbocycles. The molecule has 0 saturated heterocycles. The molecule has 2 heterocycles. The Bertz CT molecular complexity index is 757. The van der Waals surface area contributed by atoms with Crippen molar-refractivity contribution in [3.63, 3.8) is 0 Å². The Morgan fingerprint density at radius 2 is 1.95 bits per heavy atom. The number of carbonyl (C=O) groups is 1. The van der Waals surface area contributed by atoms with Gasteiger partial charge in [-0.3, -0.25) is 9.20 Å². The molecule has 1 aromatic carbocycles. The van der Waals surface area contributed by atoms with Crippen molar-refractivity contribution in [2.75, 3.05) is 0 Å². The smallest absolute Gasteiger partial charge is 0.234 e. The van der Waals surface area contributed by atoms with Gasteiger partial charge in [-0.2, -0.15) is 0 Å². The minimum atomic E-state index is 0.484. The highest BCUT2D eigenvalue weighted by molar-refractivity contribution is 5.85. The van der Waals surface area contributed by atoms with Gasteiger partial charge in [0.15, 0.2) is 6.29 Å². The fourth-order valence-electron chi connectivity index (χ4n) is 2.26. The van der Waals surface area contributed by atoms with E-state index < -0.39 is 0 Å². The monoisotopic (exact) mass is 265 g/mol. The van der Waals surface area contributed by atoms with E-state index in [1.165, 1.54) is 5.56 Å². The van der Waals surface area contributed by atoms with E-state index in [4.69, 9.17) is 0 Å². The number of hydrogen-bond acceptors (Lipinski definition) is 3. The zero-order valence-electron chi connectivity index (χ0n) is 11.4. The minimum Gasteiger partial charge on any atom is -0.296 e. The van der Waals surface area contributed by atoms with Gasteiger partial charge in [0, 0.05) is 18.0 Å². The van der Waals surface area contributed by atoms with Gasteiger partial charge in [-0.25, -0.2) is 9.97 Å². The molecule has 0 bridgehead atoms. The Balaban J connectivity index is 2.16. The Labute approximate surface area is 117 Å². The summed E-state index contributed by atoms with van der Waals surface area (Å²) < 4.78 is 1.71. The van der Waals surface area contributed by atoms with Crippen molar-refractivity contribution in [2.45, 2.75) is 19.8 Å². The molecular formula is C16H15N3O. The summed E-state index contributed by atoms with van der Waals surface area (Å²) in [7, 11) is 0. The van der Waals surface area contributed by atoms with Crippen molar-refractivity contribution < 1.29 is 4.79 Å². The second-order valence-corrected chi connectivity index (χ2v) is 5.03. The van der Waals surface area contributed by atoms with E-state index in [9.17, 15) is 4.79 Å². The summed E-state index contributed by atoms with van der Waals surface area (Å²) in [6.07, 6.45) is 4.29. The average molecular weight is 265 g/mol. The number of aromatic nitrogens is 3. The van der Waals surface area contributed by atoms with Crippen LogP contribution in [0.15, 0.2) is 42.7 Å². The van der Waals surface area contributed by atoms with Crippen LogP contribution in [0.5, 0.6) is 0 Å². The number of fused-ring (bicyclic) bond motifs is 1. The first-order valence-electron chi connectivity index (χ1n) is 6.59. The molecule has 0 radical (unpaired) electrons. The Hall–Kier alpha value is -2.49. The third-order valence-electron chi connectivity index (χ3n) is 3.40. The summed E-state index contributed by atoms with van der Waals surface area (Å²) in [5, 5.41) is 0. The maximum absolute atomic E-state index is 11.4. The summed E-state index contributed by atoms with van der Waals surface area (Å²) in [5.41, 5.74) is 3.41. The molecule has 100 valence electrons. The van der Waals surface area contributed by atoms with Crippen LogP contribution in [0.3, 0.4) is 0 Å². The first-order chi connectivity index (χ1) is 9.70. The van der Waals surface area contributed by atoms with E-state index in [0.717, 1.165) is 11.8 Å². The van der Waals surface area contributed by atoms with Gasteiger partial charge in [0.2, 0.25) is 5.78 Å². The molecule has 0 unspecified atom stereocenters. The first kappa shape index (κ1) is 12.5. The topological polar surface area (TPSA) is 47.3 Å². The average Bonchev–Trinajstić information content (AvgIpc) is 2.85. The van der Waals surface area contributed by atoms with Gasteiger partial charge in [-0.1, -0.05) is 38.1 Å². The summed E-state index contributed by atoms with van der Waals surface area (Å²) >= 11 is 0. The number of hydrogen-bond donors (Lipinski definition) is 0. The van der Waals surface area contributed by atoms with Crippen LogP contribution in [-0.2, 0) is 0 Å². The molecule has 0 aliphatic rings. The molecule has 0 N–H and O–H groups in total. The van der Waals surface area contributed by atoms with Gasteiger partial charge in [0.05, 0.1) is 0 Å². The van der Waals surface area contributed by atoms with Crippen LogP contribution >= 0.6 is 0 Å². The highest BCUT2D eigenvalue weighted by Crippen LogP contribution is 2.24. The molecule has 2 aromatic heterocycles. The maximum atomic E-state index is 11.4. The van der Waals surface area contributed by atoms with E-state index in [2.05, 4.69) is 35.9 Å². The van der Waals surface area contributed by atoms with Crippen LogP contribution in [0.4, 0.5) is 0 Å². The number of benzene rings is 1. The third-order valence-corrected chi connectivity index (χ3v) is 3.40. The second kappa shape index (κ2) is 4.89. The van der Waals surface area contributed by atoms with Crippen LogP contribution in [0.1, 0.15) is 35.8 Å². The lowest BCUT2D eigenvalue weighted by molar-refractivity contribution is 0.111. The van der Waals surface area contributed by atoms with Gasteiger partial charge in [0.25, 0.3) is 0 Å². The minimum absolute atomic E-state index is 0.484. The van der Waals surface area contributed by atoms with Crippen LogP contribution < -0.4 is 0 Å². The van der Waals surface area contributed by atoms with Gasteiger partial charge in [0.1, 0.15) is 11.4 Å². The predicted molar refractivity (Wildman–Crippen MR) is 77.9 cm³/mol. The zero-order valence-corrected chi connectivity index (χ0v) is 11.4. The fourth-order valence-corrected chi connectivity index (χ4v) is 2.26. The first-order valence-corrected chi connectivity index (χ1v) is 6.59. The SMILES string of the molecule is CC(C)c1ccc(-c2nc3ncccn3c2C=O)cc1. The summed E-state index contributed by atoms with van der Waals surface area (Å²) in [4.78, 5) is 20.0. The van der Waals surface area contributed by atoms with Crippen LogP contribution in [-0.4, -0.2) is 20.7 Å². The summed E-state index contributed by atoms with van der Waals surface area (Å²) in [5.74, 6) is 1.02. The molecule has 3 aromatic rings. The summed E-state index contributed by atoms with van der Waals surface area (Å²) in [6, 6.07) is 9.94. The van der Waals surface area contributed by atoms with E-state index in [0.29, 0.717) is 23.1 Å². The number of nitrogens with zero attached hydrogens (tertiary/aromatic N) is 3. The standard InChI is InChI=1S/C16H15N3O/c1-11(2)12-4-6-13(7-5-12)15-14(10-20)19-9-3-8-17-16(19)18-15/h3-11H,1-2H3. The Kier molecular flexibility index (Phi) is 3.06. The molecule has 0 saturated carbocycles. The van der Waals surface area contributed by atoms with E-state index in [1.807, 2.05) is 12.1 Å². The van der Waals surface area contributed by atoms with Crippen LogP contribution in [0, 0.1) is 0 Å². The van der Waals surface area contributed by atoms with Crippen molar-refractivity contribution in [3.05, 3.63) is 54.0 Å². The van der Waals surface area contributed by atoms with Crippen molar-refractivity contribution >= 4 is 12.1 Å². The highest BCUT2D eigenvalue weighted by atomic mass is 16.1. The van der Waals surface area contributed by atoms with Gasteiger partial charge < -0.3 is 0 Å². The van der Waals surface area contributed by atoms with Gasteiger partial charge in [-0.05, 0) is 17.5 Å².